The predicted octanol–water partition coefficient (Wildman–Crippen LogP) is 1.76. The highest BCUT2D eigenvalue weighted by molar-refractivity contribution is 7.90. The first-order chi connectivity index (χ1) is 15.0. The van der Waals surface area contributed by atoms with Crippen molar-refractivity contribution in [2.24, 2.45) is 5.92 Å². The fourth-order valence-electron chi connectivity index (χ4n) is 3.04. The summed E-state index contributed by atoms with van der Waals surface area (Å²) in [5, 5.41) is 9.88. The number of halogens is 3. The van der Waals surface area contributed by atoms with Gasteiger partial charge in [0.05, 0.1) is 36.4 Å². The van der Waals surface area contributed by atoms with Crippen molar-refractivity contribution in [3.8, 4) is 6.07 Å². The van der Waals surface area contributed by atoms with Crippen molar-refractivity contribution in [1.82, 2.24) is 10.2 Å². The number of alkyl halides is 3. The molecule has 0 aliphatic carbocycles. The number of ether oxygens (including phenoxy) is 1. The maximum Gasteiger partial charge on any atom is 0.416 e. The van der Waals surface area contributed by atoms with Gasteiger partial charge in [-0.1, -0.05) is 25.1 Å². The molecule has 178 valence electrons. The van der Waals surface area contributed by atoms with E-state index in [0.717, 1.165) is 6.07 Å². The lowest BCUT2D eigenvalue weighted by atomic mass is 10.1. The van der Waals surface area contributed by atoms with Crippen LogP contribution in [0.3, 0.4) is 0 Å². The molecule has 1 N–H and O–H groups in total. The first-order valence-corrected chi connectivity index (χ1v) is 11.6. The summed E-state index contributed by atoms with van der Waals surface area (Å²) in [5.74, 6) is -1.67. The number of nitrogens with zero attached hydrogens (tertiary/aromatic N) is 2. The number of nitriles is 1. The molecule has 0 aromatic heterocycles. The molecule has 1 aromatic carbocycles. The van der Waals surface area contributed by atoms with Crippen molar-refractivity contribution in [1.29, 1.82) is 5.26 Å². The molecule has 1 aromatic rings. The van der Waals surface area contributed by atoms with E-state index in [1.54, 1.807) is 17.9 Å². The highest BCUT2D eigenvalue weighted by Gasteiger charge is 2.34. The Morgan fingerprint density at radius 3 is 2.47 bits per heavy atom. The molecular weight excluding hydrogens is 451 g/mol. The third-order valence-corrected chi connectivity index (χ3v) is 6.22. The monoisotopic (exact) mass is 477 g/mol. The van der Waals surface area contributed by atoms with Crippen molar-refractivity contribution in [3.63, 3.8) is 0 Å². The maximum absolute atomic E-state index is 13.0. The number of morpholine rings is 1. The number of carbonyl (C=O) groups excluding carboxylic acids is 2. The molecule has 1 aliphatic rings. The summed E-state index contributed by atoms with van der Waals surface area (Å²) in [6, 6.07) is 6.37. The van der Waals surface area contributed by atoms with Crippen LogP contribution in [0.2, 0.25) is 0 Å². The molecule has 0 bridgehead atoms. The minimum atomic E-state index is -4.61. The van der Waals surface area contributed by atoms with E-state index < -0.39 is 33.2 Å². The van der Waals surface area contributed by atoms with Crippen LogP contribution in [0.15, 0.2) is 24.3 Å². The third kappa shape index (κ3) is 10.1. The minimum Gasteiger partial charge on any atom is -0.378 e. The van der Waals surface area contributed by atoms with Gasteiger partial charge in [0.1, 0.15) is 6.54 Å². The van der Waals surface area contributed by atoms with E-state index in [9.17, 15) is 31.2 Å². The fourth-order valence-corrected chi connectivity index (χ4v) is 4.87. The van der Waals surface area contributed by atoms with E-state index in [2.05, 4.69) is 5.32 Å². The third-order valence-electron chi connectivity index (χ3n) is 4.39. The molecule has 32 heavy (non-hydrogen) atoms. The van der Waals surface area contributed by atoms with Crippen molar-refractivity contribution in [3.05, 3.63) is 35.4 Å². The molecule has 8 nitrogen and oxygen atoms in total. The largest absolute Gasteiger partial charge is 0.416 e. The SMILES string of the molecule is CC(CC(=O)N1CCOCC1)CS(=O)(=O)Cc1ccccc1C(F)(F)F.N#CCNC=O. The van der Waals surface area contributed by atoms with E-state index in [1.807, 2.05) is 0 Å². The summed E-state index contributed by atoms with van der Waals surface area (Å²) in [6.07, 6.45) is -4.08. The number of benzene rings is 1. The summed E-state index contributed by atoms with van der Waals surface area (Å²) >= 11 is 0. The summed E-state index contributed by atoms with van der Waals surface area (Å²) in [4.78, 5) is 23.1. The number of hydrogen-bond donors (Lipinski definition) is 1. The molecule has 2 rings (SSSR count). The van der Waals surface area contributed by atoms with Gasteiger partial charge in [-0.15, -0.1) is 0 Å². The lowest BCUT2D eigenvalue weighted by Crippen LogP contribution is -2.41. The van der Waals surface area contributed by atoms with Crippen LogP contribution in [-0.2, 0) is 36.1 Å². The molecule has 1 atom stereocenters. The predicted molar refractivity (Wildman–Crippen MR) is 110 cm³/mol. The zero-order chi connectivity index (χ0) is 24.2. The van der Waals surface area contributed by atoms with E-state index in [-0.39, 0.29) is 30.2 Å². The van der Waals surface area contributed by atoms with Crippen LogP contribution in [-0.4, -0.2) is 64.2 Å². The van der Waals surface area contributed by atoms with Crippen LogP contribution in [0.5, 0.6) is 0 Å². The van der Waals surface area contributed by atoms with Crippen LogP contribution in [0.1, 0.15) is 24.5 Å². The normalized spacial score (nSPS) is 15.0. The Morgan fingerprint density at radius 1 is 1.31 bits per heavy atom. The van der Waals surface area contributed by atoms with Crippen LogP contribution in [0, 0.1) is 17.2 Å². The van der Waals surface area contributed by atoms with E-state index >= 15 is 0 Å². The Kier molecular flexibility index (Phi) is 11.1. The molecule has 1 fully saturated rings. The Balaban J connectivity index is 0.000000751. The van der Waals surface area contributed by atoms with Crippen LogP contribution in [0.25, 0.3) is 0 Å². The fraction of sp³-hybridized carbons (Fsp3) is 0.550. The van der Waals surface area contributed by atoms with Gasteiger partial charge in [0.2, 0.25) is 12.3 Å². The van der Waals surface area contributed by atoms with Gasteiger partial charge in [-0.05, 0) is 17.5 Å². The lowest BCUT2D eigenvalue weighted by Gasteiger charge is -2.27. The summed E-state index contributed by atoms with van der Waals surface area (Å²) in [6.45, 7) is 3.56. The van der Waals surface area contributed by atoms with Crippen molar-refractivity contribution < 1.29 is 35.9 Å². The van der Waals surface area contributed by atoms with Crippen molar-refractivity contribution in [2.75, 3.05) is 38.6 Å². The van der Waals surface area contributed by atoms with Crippen LogP contribution >= 0.6 is 0 Å². The summed E-state index contributed by atoms with van der Waals surface area (Å²) in [7, 11) is -3.79. The molecule has 1 saturated heterocycles. The first kappa shape index (κ1) is 27.4. The van der Waals surface area contributed by atoms with Gasteiger partial charge in [0, 0.05) is 19.5 Å². The zero-order valence-corrected chi connectivity index (χ0v) is 18.4. The number of sulfone groups is 1. The van der Waals surface area contributed by atoms with Crippen molar-refractivity contribution >= 4 is 22.2 Å². The Bertz CT molecular complexity index is 894. The number of rotatable bonds is 8. The highest BCUT2D eigenvalue weighted by Crippen LogP contribution is 2.32. The standard InChI is InChI=1S/C17H22F3NO4S.C3H4N2O/c1-13(10-16(22)21-6-8-25-9-7-21)11-26(23,24)12-14-4-2-3-5-15(14)17(18,19)20;4-1-2-5-3-6/h2-5,13H,6-12H2,1H3;3H,2H2,(H,5,6). The number of amides is 2. The van der Waals surface area contributed by atoms with Gasteiger partial charge in [-0.25, -0.2) is 8.42 Å². The number of hydrogen-bond acceptors (Lipinski definition) is 6. The Morgan fingerprint density at radius 2 is 1.94 bits per heavy atom. The van der Waals surface area contributed by atoms with Gasteiger partial charge in [-0.2, -0.15) is 18.4 Å². The van der Waals surface area contributed by atoms with Crippen molar-refractivity contribution in [2.45, 2.75) is 25.3 Å². The van der Waals surface area contributed by atoms with Gasteiger partial charge < -0.3 is 15.0 Å². The van der Waals surface area contributed by atoms with Gasteiger partial charge in [0.25, 0.3) is 0 Å². The first-order valence-electron chi connectivity index (χ1n) is 9.75. The molecule has 1 aliphatic heterocycles. The topological polar surface area (TPSA) is 117 Å². The van der Waals surface area contributed by atoms with E-state index in [4.69, 9.17) is 10.00 Å². The molecule has 0 saturated carbocycles. The van der Waals surface area contributed by atoms with Crippen LogP contribution in [0.4, 0.5) is 13.2 Å². The van der Waals surface area contributed by atoms with Gasteiger partial charge in [-0.3, -0.25) is 9.59 Å². The quantitative estimate of drug-likeness (QED) is 0.347. The van der Waals surface area contributed by atoms with Gasteiger partial charge in [0.15, 0.2) is 9.84 Å². The average molecular weight is 478 g/mol. The summed E-state index contributed by atoms with van der Waals surface area (Å²) in [5.41, 5.74) is -1.22. The molecule has 1 heterocycles. The molecule has 0 spiro atoms. The van der Waals surface area contributed by atoms with E-state index in [0.29, 0.717) is 32.7 Å². The van der Waals surface area contributed by atoms with E-state index in [1.165, 1.54) is 18.2 Å². The molecule has 12 heteroatoms. The molecular formula is C20H26F3N3O5S. The van der Waals surface area contributed by atoms with Gasteiger partial charge >= 0.3 is 6.18 Å². The second-order valence-corrected chi connectivity index (χ2v) is 9.28. The minimum absolute atomic E-state index is 0.0418. The summed E-state index contributed by atoms with van der Waals surface area (Å²) < 4.78 is 68.9. The second-order valence-electron chi connectivity index (χ2n) is 7.17. The maximum atomic E-state index is 13.0. The molecule has 1 unspecified atom stereocenters. The number of carbonyl (C=O) groups is 2. The molecule has 0 radical (unpaired) electrons. The second kappa shape index (κ2) is 13.0. The Labute approximate surface area is 185 Å². The molecule has 2 amide bonds. The van der Waals surface area contributed by atoms with Crippen LogP contribution < -0.4 is 5.32 Å². The number of nitrogens with one attached hydrogen (secondary N) is 1. The highest BCUT2D eigenvalue weighted by atomic mass is 32.2. The average Bonchev–Trinajstić information content (AvgIpc) is 2.72. The Hall–Kier alpha value is -2.65. The smallest absolute Gasteiger partial charge is 0.378 e. The lowest BCUT2D eigenvalue weighted by molar-refractivity contribution is -0.138. The zero-order valence-electron chi connectivity index (χ0n) is 17.6.